The quantitative estimate of drug-likeness (QED) is 0.839. The maximum Gasteiger partial charge on any atom is 0.0720 e. The minimum atomic E-state index is 0.182. The van der Waals surface area contributed by atoms with Gasteiger partial charge in [0.1, 0.15) is 0 Å². The van der Waals surface area contributed by atoms with Crippen molar-refractivity contribution in [3.05, 3.63) is 58.9 Å². The standard InChI is InChI=1S/C17H21ClN2/c1-12(20-16-11-19-10-9-15(16)18)13-5-7-14(8-6-13)17(2,3)4/h5-12,20H,1-4H3. The lowest BCUT2D eigenvalue weighted by molar-refractivity contribution is 0.589. The molecule has 2 rings (SSSR count). The number of aromatic nitrogens is 1. The van der Waals surface area contributed by atoms with Crippen LogP contribution in [0.25, 0.3) is 0 Å². The summed E-state index contributed by atoms with van der Waals surface area (Å²) in [6.45, 7) is 8.78. The van der Waals surface area contributed by atoms with Gasteiger partial charge in [-0.15, -0.1) is 0 Å². The summed E-state index contributed by atoms with van der Waals surface area (Å²) in [4.78, 5) is 4.09. The molecule has 0 saturated carbocycles. The van der Waals surface area contributed by atoms with Crippen molar-refractivity contribution < 1.29 is 0 Å². The molecule has 0 radical (unpaired) electrons. The molecule has 1 heterocycles. The minimum Gasteiger partial charge on any atom is -0.376 e. The van der Waals surface area contributed by atoms with Crippen LogP contribution >= 0.6 is 11.6 Å². The third-order valence-corrected chi connectivity index (χ3v) is 3.75. The number of hydrogen-bond acceptors (Lipinski definition) is 2. The number of nitrogens with one attached hydrogen (secondary N) is 1. The topological polar surface area (TPSA) is 24.9 Å². The molecule has 20 heavy (non-hydrogen) atoms. The smallest absolute Gasteiger partial charge is 0.0720 e. The molecule has 2 aromatic rings. The summed E-state index contributed by atoms with van der Waals surface area (Å²) in [6, 6.07) is 10.7. The average molecular weight is 289 g/mol. The largest absolute Gasteiger partial charge is 0.376 e. The van der Waals surface area contributed by atoms with Crippen LogP contribution in [0.5, 0.6) is 0 Å². The Hall–Kier alpha value is -1.54. The van der Waals surface area contributed by atoms with Crippen LogP contribution < -0.4 is 5.32 Å². The van der Waals surface area contributed by atoms with Crippen LogP contribution in [0, 0.1) is 0 Å². The molecular weight excluding hydrogens is 268 g/mol. The summed E-state index contributed by atoms with van der Waals surface area (Å²) < 4.78 is 0. The van der Waals surface area contributed by atoms with Gasteiger partial charge in [0.05, 0.1) is 16.9 Å². The molecule has 0 fully saturated rings. The first kappa shape index (κ1) is 14.9. The zero-order chi connectivity index (χ0) is 14.8. The van der Waals surface area contributed by atoms with Crippen molar-refractivity contribution in [1.29, 1.82) is 0 Å². The van der Waals surface area contributed by atoms with Crippen molar-refractivity contribution in [3.63, 3.8) is 0 Å². The maximum atomic E-state index is 6.14. The van der Waals surface area contributed by atoms with E-state index in [4.69, 9.17) is 11.6 Å². The van der Waals surface area contributed by atoms with E-state index in [0.29, 0.717) is 5.02 Å². The fourth-order valence-corrected chi connectivity index (χ4v) is 2.23. The van der Waals surface area contributed by atoms with Crippen LogP contribution in [0.1, 0.15) is 44.9 Å². The molecular formula is C17H21ClN2. The van der Waals surface area contributed by atoms with Crippen LogP contribution in [0.15, 0.2) is 42.7 Å². The minimum absolute atomic E-state index is 0.182. The fraction of sp³-hybridized carbons (Fsp3) is 0.353. The molecule has 3 heteroatoms. The van der Waals surface area contributed by atoms with Crippen LogP contribution in [-0.2, 0) is 5.41 Å². The maximum absolute atomic E-state index is 6.14. The number of halogens is 1. The zero-order valence-corrected chi connectivity index (χ0v) is 13.2. The summed E-state index contributed by atoms with van der Waals surface area (Å²) in [5.74, 6) is 0. The lowest BCUT2D eigenvalue weighted by atomic mass is 9.86. The van der Waals surface area contributed by atoms with Gasteiger partial charge in [-0.1, -0.05) is 56.6 Å². The van der Waals surface area contributed by atoms with Gasteiger partial charge in [-0.2, -0.15) is 0 Å². The van der Waals surface area contributed by atoms with Crippen LogP contribution in [0.4, 0.5) is 5.69 Å². The average Bonchev–Trinajstić information content (AvgIpc) is 2.40. The van der Waals surface area contributed by atoms with Crippen molar-refractivity contribution in [1.82, 2.24) is 4.98 Å². The van der Waals surface area contributed by atoms with E-state index in [9.17, 15) is 0 Å². The molecule has 0 bridgehead atoms. The molecule has 0 amide bonds. The Morgan fingerprint density at radius 1 is 1.10 bits per heavy atom. The lowest BCUT2D eigenvalue weighted by Crippen LogP contribution is -2.12. The second kappa shape index (κ2) is 5.84. The third kappa shape index (κ3) is 3.51. The molecule has 1 aromatic carbocycles. The number of nitrogens with zero attached hydrogens (tertiary/aromatic N) is 1. The number of anilines is 1. The number of rotatable bonds is 3. The Morgan fingerprint density at radius 3 is 2.30 bits per heavy atom. The second-order valence-electron chi connectivity index (χ2n) is 6.09. The van der Waals surface area contributed by atoms with E-state index >= 15 is 0 Å². The molecule has 2 nitrogen and oxygen atoms in total. The first-order valence-electron chi connectivity index (χ1n) is 6.84. The van der Waals surface area contributed by atoms with Gasteiger partial charge >= 0.3 is 0 Å². The Bertz CT molecular complexity index is 570. The van der Waals surface area contributed by atoms with Gasteiger partial charge in [-0.25, -0.2) is 0 Å². The normalized spacial score (nSPS) is 13.1. The second-order valence-corrected chi connectivity index (χ2v) is 6.50. The molecule has 1 atom stereocenters. The molecule has 1 unspecified atom stereocenters. The van der Waals surface area contributed by atoms with Crippen molar-refractivity contribution in [3.8, 4) is 0 Å². The van der Waals surface area contributed by atoms with E-state index in [1.807, 2.05) is 0 Å². The van der Waals surface area contributed by atoms with Crippen molar-refractivity contribution in [2.24, 2.45) is 0 Å². The number of benzene rings is 1. The summed E-state index contributed by atoms with van der Waals surface area (Å²) in [5, 5.41) is 4.08. The van der Waals surface area contributed by atoms with Gasteiger partial charge in [-0.05, 0) is 29.5 Å². The van der Waals surface area contributed by atoms with Crippen molar-refractivity contribution in [2.45, 2.75) is 39.2 Å². The first-order chi connectivity index (χ1) is 9.38. The SMILES string of the molecule is CC(Nc1cnccc1Cl)c1ccc(C(C)(C)C)cc1. The Labute approximate surface area is 126 Å². The van der Waals surface area contributed by atoms with E-state index in [-0.39, 0.29) is 11.5 Å². The molecule has 1 aromatic heterocycles. The van der Waals surface area contributed by atoms with Gasteiger partial charge in [0.15, 0.2) is 0 Å². The van der Waals surface area contributed by atoms with Gasteiger partial charge in [-0.3, -0.25) is 4.98 Å². The Balaban J connectivity index is 2.14. The molecule has 0 aliphatic rings. The Morgan fingerprint density at radius 2 is 1.75 bits per heavy atom. The molecule has 0 saturated heterocycles. The van der Waals surface area contributed by atoms with Gasteiger partial charge in [0.2, 0.25) is 0 Å². The van der Waals surface area contributed by atoms with Crippen LogP contribution in [0.2, 0.25) is 5.02 Å². The van der Waals surface area contributed by atoms with E-state index in [1.165, 1.54) is 11.1 Å². The highest BCUT2D eigenvalue weighted by molar-refractivity contribution is 6.33. The summed E-state index contributed by atoms with van der Waals surface area (Å²) >= 11 is 6.14. The fourth-order valence-electron chi connectivity index (χ4n) is 2.07. The number of hydrogen-bond donors (Lipinski definition) is 1. The molecule has 106 valence electrons. The Kier molecular flexibility index (Phi) is 4.34. The van der Waals surface area contributed by atoms with E-state index in [0.717, 1.165) is 5.69 Å². The summed E-state index contributed by atoms with van der Waals surface area (Å²) in [6.07, 6.45) is 3.44. The first-order valence-corrected chi connectivity index (χ1v) is 7.22. The van der Waals surface area contributed by atoms with Crippen LogP contribution in [-0.4, -0.2) is 4.98 Å². The van der Waals surface area contributed by atoms with E-state index in [1.54, 1.807) is 18.5 Å². The summed E-state index contributed by atoms with van der Waals surface area (Å²) in [7, 11) is 0. The highest BCUT2D eigenvalue weighted by Gasteiger charge is 2.14. The van der Waals surface area contributed by atoms with E-state index < -0.39 is 0 Å². The molecule has 0 aliphatic heterocycles. The van der Waals surface area contributed by atoms with Crippen molar-refractivity contribution in [2.75, 3.05) is 5.32 Å². The molecule has 1 N–H and O–H groups in total. The zero-order valence-electron chi connectivity index (χ0n) is 12.4. The monoisotopic (exact) mass is 288 g/mol. The molecule has 0 spiro atoms. The predicted molar refractivity (Wildman–Crippen MR) is 86.4 cm³/mol. The summed E-state index contributed by atoms with van der Waals surface area (Å²) in [5.41, 5.74) is 3.62. The van der Waals surface area contributed by atoms with Crippen molar-refractivity contribution >= 4 is 17.3 Å². The highest BCUT2D eigenvalue weighted by atomic mass is 35.5. The van der Waals surface area contributed by atoms with E-state index in [2.05, 4.69) is 62.3 Å². The number of pyridine rings is 1. The van der Waals surface area contributed by atoms with Gasteiger partial charge in [0, 0.05) is 12.2 Å². The highest BCUT2D eigenvalue weighted by Crippen LogP contribution is 2.27. The third-order valence-electron chi connectivity index (χ3n) is 3.42. The van der Waals surface area contributed by atoms with Gasteiger partial charge in [0.25, 0.3) is 0 Å². The predicted octanol–water partition coefficient (Wildman–Crippen LogP) is 5.21. The lowest BCUT2D eigenvalue weighted by Gasteiger charge is -2.21. The van der Waals surface area contributed by atoms with Gasteiger partial charge < -0.3 is 5.32 Å². The molecule has 0 aliphatic carbocycles. The van der Waals surface area contributed by atoms with Crippen LogP contribution in [0.3, 0.4) is 0 Å².